The molecule has 0 aliphatic carbocycles. The van der Waals surface area contributed by atoms with Crippen molar-refractivity contribution in [3.05, 3.63) is 51.6 Å². The Hall–Kier alpha value is -2.17. The molecule has 0 spiro atoms. The van der Waals surface area contributed by atoms with Gasteiger partial charge in [-0.1, -0.05) is 6.08 Å². The predicted octanol–water partition coefficient (Wildman–Crippen LogP) is 2.60. The van der Waals surface area contributed by atoms with Crippen LogP contribution in [0.5, 0.6) is 0 Å². The van der Waals surface area contributed by atoms with Gasteiger partial charge in [-0.3, -0.25) is 10.1 Å². The summed E-state index contributed by atoms with van der Waals surface area (Å²) in [6.07, 6.45) is 1.66. The molecule has 0 amide bonds. The number of non-ortho nitro benzene ring substituents is 1. The Morgan fingerprint density at radius 1 is 1.41 bits per heavy atom. The molecule has 0 aliphatic heterocycles. The number of hydrogen-bond donors (Lipinski definition) is 0. The zero-order chi connectivity index (χ0) is 12.8. The van der Waals surface area contributed by atoms with Crippen LogP contribution in [0.15, 0.2) is 35.9 Å². The minimum Gasteiger partial charge on any atom is -0.457 e. The van der Waals surface area contributed by atoms with E-state index in [4.69, 9.17) is 4.74 Å². The molecule has 1 aromatic carbocycles. The number of nitro groups is 1. The molecule has 0 heterocycles. The zero-order valence-electron chi connectivity index (χ0n) is 9.67. The predicted molar refractivity (Wildman–Crippen MR) is 62.3 cm³/mol. The molecule has 0 aromatic heterocycles. The maximum atomic E-state index is 11.3. The molecule has 0 aliphatic rings. The number of carbonyl (C=O) groups excluding carboxylic acids is 1. The molecule has 0 fully saturated rings. The molecule has 90 valence electrons. The van der Waals surface area contributed by atoms with Crippen molar-refractivity contribution in [2.45, 2.75) is 20.5 Å². The largest absolute Gasteiger partial charge is 0.457 e. The third-order valence-electron chi connectivity index (χ3n) is 2.27. The van der Waals surface area contributed by atoms with E-state index in [1.807, 2.05) is 0 Å². The number of carbonyl (C=O) groups is 1. The first-order chi connectivity index (χ1) is 8.04. The molecule has 0 bridgehead atoms. The van der Waals surface area contributed by atoms with Crippen molar-refractivity contribution in [3.8, 4) is 0 Å². The van der Waals surface area contributed by atoms with E-state index in [1.165, 1.54) is 12.1 Å². The van der Waals surface area contributed by atoms with Crippen molar-refractivity contribution in [3.63, 3.8) is 0 Å². The highest BCUT2D eigenvalue weighted by Gasteiger charge is 2.07. The Balaban J connectivity index is 2.59. The van der Waals surface area contributed by atoms with E-state index in [0.717, 1.165) is 0 Å². The Labute approximate surface area is 98.9 Å². The first-order valence-electron chi connectivity index (χ1n) is 5.08. The van der Waals surface area contributed by atoms with Gasteiger partial charge in [0.1, 0.15) is 6.61 Å². The van der Waals surface area contributed by atoms with Gasteiger partial charge in [-0.2, -0.15) is 0 Å². The lowest BCUT2D eigenvalue weighted by molar-refractivity contribution is -0.384. The van der Waals surface area contributed by atoms with Crippen LogP contribution in [0.25, 0.3) is 0 Å². The van der Waals surface area contributed by atoms with E-state index in [1.54, 1.807) is 32.1 Å². The molecule has 0 saturated heterocycles. The van der Waals surface area contributed by atoms with Crippen LogP contribution >= 0.6 is 0 Å². The topological polar surface area (TPSA) is 69.4 Å². The molecular weight excluding hydrogens is 222 g/mol. The van der Waals surface area contributed by atoms with E-state index in [0.29, 0.717) is 11.1 Å². The Bertz CT molecular complexity index is 448. The van der Waals surface area contributed by atoms with Crippen LogP contribution in [0, 0.1) is 10.1 Å². The average Bonchev–Trinajstić information content (AvgIpc) is 2.35. The molecule has 1 aromatic rings. The van der Waals surface area contributed by atoms with Crippen molar-refractivity contribution in [2.24, 2.45) is 0 Å². The first kappa shape index (κ1) is 12.9. The first-order valence-corrected chi connectivity index (χ1v) is 5.08. The molecule has 1 rings (SSSR count). The fourth-order valence-electron chi connectivity index (χ4n) is 1.09. The molecule has 0 unspecified atom stereocenters. The Kier molecular flexibility index (Phi) is 4.39. The van der Waals surface area contributed by atoms with Crippen LogP contribution < -0.4 is 0 Å². The van der Waals surface area contributed by atoms with Gasteiger partial charge in [-0.05, 0) is 31.5 Å². The number of benzene rings is 1. The van der Waals surface area contributed by atoms with Gasteiger partial charge in [0, 0.05) is 17.7 Å². The number of rotatable bonds is 4. The molecule has 0 saturated carbocycles. The van der Waals surface area contributed by atoms with E-state index >= 15 is 0 Å². The highest BCUT2D eigenvalue weighted by Crippen LogP contribution is 2.12. The lowest BCUT2D eigenvalue weighted by Gasteiger charge is -2.04. The van der Waals surface area contributed by atoms with Gasteiger partial charge in [0.25, 0.3) is 5.69 Å². The van der Waals surface area contributed by atoms with E-state index < -0.39 is 4.92 Å². The van der Waals surface area contributed by atoms with Crippen molar-refractivity contribution in [2.75, 3.05) is 0 Å². The lowest BCUT2D eigenvalue weighted by atomic mass is 10.2. The van der Waals surface area contributed by atoms with Gasteiger partial charge in [-0.15, -0.1) is 0 Å². The molecule has 5 heteroatoms. The number of ether oxygens (including phenoxy) is 1. The van der Waals surface area contributed by atoms with E-state index in [2.05, 4.69) is 0 Å². The summed E-state index contributed by atoms with van der Waals surface area (Å²) in [5, 5.41) is 10.4. The second-order valence-electron chi connectivity index (χ2n) is 3.47. The molecule has 0 atom stereocenters. The summed E-state index contributed by atoms with van der Waals surface area (Å²) < 4.78 is 5.00. The lowest BCUT2D eigenvalue weighted by Crippen LogP contribution is -2.05. The minimum atomic E-state index is -0.472. The van der Waals surface area contributed by atoms with Crippen LogP contribution in [0.3, 0.4) is 0 Å². The van der Waals surface area contributed by atoms with Crippen LogP contribution in [-0.4, -0.2) is 10.9 Å². The third kappa shape index (κ3) is 3.71. The second kappa shape index (κ2) is 5.79. The maximum Gasteiger partial charge on any atom is 0.333 e. The summed E-state index contributed by atoms with van der Waals surface area (Å²) in [5.41, 5.74) is 1.27. The number of allylic oxidation sites excluding steroid dienone is 1. The number of hydrogen-bond acceptors (Lipinski definition) is 4. The summed E-state index contributed by atoms with van der Waals surface area (Å²) in [7, 11) is 0. The fraction of sp³-hybridized carbons (Fsp3) is 0.250. The summed E-state index contributed by atoms with van der Waals surface area (Å²) in [6, 6.07) is 5.89. The molecule has 17 heavy (non-hydrogen) atoms. The third-order valence-corrected chi connectivity index (χ3v) is 2.27. The quantitative estimate of drug-likeness (QED) is 0.348. The highest BCUT2D eigenvalue weighted by molar-refractivity contribution is 5.87. The highest BCUT2D eigenvalue weighted by atomic mass is 16.6. The molecule has 0 N–H and O–H groups in total. The molecular formula is C12H13NO4. The van der Waals surface area contributed by atoms with Gasteiger partial charge in [0.05, 0.1) is 4.92 Å². The zero-order valence-corrected chi connectivity index (χ0v) is 9.67. The van der Waals surface area contributed by atoms with E-state index in [-0.39, 0.29) is 18.3 Å². The van der Waals surface area contributed by atoms with Crippen LogP contribution in [-0.2, 0) is 16.1 Å². The summed E-state index contributed by atoms with van der Waals surface area (Å²) in [4.78, 5) is 21.3. The Morgan fingerprint density at radius 2 is 2.00 bits per heavy atom. The standard InChI is InChI=1S/C12H13NO4/c1-3-9(2)12(14)17-8-10-4-6-11(7-5-10)13(15)16/h3-7H,8H2,1-2H3. The monoisotopic (exact) mass is 235 g/mol. The summed E-state index contributed by atoms with van der Waals surface area (Å²) in [6.45, 7) is 3.53. The number of esters is 1. The SMILES string of the molecule is CC=C(C)C(=O)OCc1ccc([N+](=O)[O-])cc1. The maximum absolute atomic E-state index is 11.3. The van der Waals surface area contributed by atoms with Crippen LogP contribution in [0.4, 0.5) is 5.69 Å². The van der Waals surface area contributed by atoms with Crippen molar-refractivity contribution in [1.29, 1.82) is 0 Å². The second-order valence-corrected chi connectivity index (χ2v) is 3.47. The average molecular weight is 235 g/mol. The smallest absolute Gasteiger partial charge is 0.333 e. The van der Waals surface area contributed by atoms with Gasteiger partial charge < -0.3 is 4.74 Å². The van der Waals surface area contributed by atoms with Crippen molar-refractivity contribution in [1.82, 2.24) is 0 Å². The van der Waals surface area contributed by atoms with Crippen molar-refractivity contribution >= 4 is 11.7 Å². The summed E-state index contributed by atoms with van der Waals surface area (Å²) >= 11 is 0. The normalized spacial score (nSPS) is 11.1. The molecule has 5 nitrogen and oxygen atoms in total. The van der Waals surface area contributed by atoms with Gasteiger partial charge in [0.15, 0.2) is 0 Å². The van der Waals surface area contributed by atoms with Gasteiger partial charge in [0.2, 0.25) is 0 Å². The van der Waals surface area contributed by atoms with Crippen molar-refractivity contribution < 1.29 is 14.5 Å². The van der Waals surface area contributed by atoms with Gasteiger partial charge in [-0.25, -0.2) is 4.79 Å². The number of nitrogens with zero attached hydrogens (tertiary/aromatic N) is 1. The molecule has 0 radical (unpaired) electrons. The minimum absolute atomic E-state index is 0.0183. The number of nitro benzene ring substituents is 1. The van der Waals surface area contributed by atoms with Gasteiger partial charge >= 0.3 is 5.97 Å². The Morgan fingerprint density at radius 3 is 2.47 bits per heavy atom. The van der Waals surface area contributed by atoms with E-state index in [9.17, 15) is 14.9 Å². The fourth-order valence-corrected chi connectivity index (χ4v) is 1.09. The van der Waals surface area contributed by atoms with Crippen LogP contribution in [0.1, 0.15) is 19.4 Å². The van der Waals surface area contributed by atoms with Crippen LogP contribution in [0.2, 0.25) is 0 Å². The summed E-state index contributed by atoms with van der Waals surface area (Å²) in [5.74, 6) is -0.383.